The zero-order valence-corrected chi connectivity index (χ0v) is 23.6. The molecule has 1 fully saturated rings. The van der Waals surface area contributed by atoms with Crippen molar-refractivity contribution in [1.29, 1.82) is 0 Å². The van der Waals surface area contributed by atoms with Gasteiger partial charge in [-0.1, -0.05) is 54.1 Å². The summed E-state index contributed by atoms with van der Waals surface area (Å²) in [5.74, 6) is 2.78. The van der Waals surface area contributed by atoms with Gasteiger partial charge < -0.3 is 14.2 Å². The number of ether oxygens (including phenoxy) is 1. The van der Waals surface area contributed by atoms with Crippen molar-refractivity contribution in [2.75, 3.05) is 19.6 Å². The van der Waals surface area contributed by atoms with E-state index in [9.17, 15) is 4.79 Å². The van der Waals surface area contributed by atoms with E-state index in [4.69, 9.17) is 21.3 Å². The van der Waals surface area contributed by atoms with Gasteiger partial charge in [0.15, 0.2) is 5.78 Å². The van der Waals surface area contributed by atoms with Crippen LogP contribution in [0.25, 0.3) is 11.0 Å². The third-order valence-corrected chi connectivity index (χ3v) is 8.17. The summed E-state index contributed by atoms with van der Waals surface area (Å²) in [6, 6.07) is 23.5. The minimum absolute atomic E-state index is 0.255. The second-order valence-electron chi connectivity index (χ2n) is 10.7. The summed E-state index contributed by atoms with van der Waals surface area (Å²) in [4.78, 5) is 19.9. The summed E-state index contributed by atoms with van der Waals surface area (Å²) in [7, 11) is 0. The largest absolute Gasteiger partial charge is 0.486 e. The van der Waals surface area contributed by atoms with Crippen LogP contribution in [0.1, 0.15) is 60.3 Å². The van der Waals surface area contributed by atoms with Crippen LogP contribution in [0.4, 0.5) is 0 Å². The van der Waals surface area contributed by atoms with E-state index in [1.165, 1.54) is 30.3 Å². The van der Waals surface area contributed by atoms with Gasteiger partial charge in [-0.2, -0.15) is 0 Å². The second kappa shape index (κ2) is 13.3. The lowest BCUT2D eigenvalue weighted by atomic mass is 9.92. The van der Waals surface area contributed by atoms with Crippen LogP contribution in [-0.2, 0) is 13.2 Å². The Morgan fingerprint density at radius 2 is 1.72 bits per heavy atom. The zero-order chi connectivity index (χ0) is 27.0. The maximum atomic E-state index is 12.4. The Morgan fingerprint density at radius 3 is 2.49 bits per heavy atom. The molecule has 0 unspecified atom stereocenters. The standard InChI is InChI=1S/C33H38ClN3O2/c1-25-8-5-12-30-33(25)35-32(24-39-29-16-14-28(34)15-17-29)37(30)21-6-9-26-18-22-36(23-19-26)20-7-13-31(38)27-10-3-2-4-11-27/h2-5,8,10-12,14-17,26H,6-7,9,13,18-24H2,1H3. The van der Waals surface area contributed by atoms with Crippen LogP contribution < -0.4 is 4.74 Å². The second-order valence-corrected chi connectivity index (χ2v) is 11.1. The van der Waals surface area contributed by atoms with Crippen LogP contribution in [0.5, 0.6) is 5.75 Å². The van der Waals surface area contributed by atoms with Crippen molar-refractivity contribution in [3.8, 4) is 5.75 Å². The highest BCUT2D eigenvalue weighted by Crippen LogP contribution is 2.26. The fourth-order valence-corrected chi connectivity index (χ4v) is 5.77. The molecule has 1 aromatic heterocycles. The average Bonchev–Trinajstić information content (AvgIpc) is 3.32. The Morgan fingerprint density at radius 1 is 0.949 bits per heavy atom. The maximum absolute atomic E-state index is 12.4. The Kier molecular flexibility index (Phi) is 9.33. The molecule has 0 saturated carbocycles. The average molecular weight is 544 g/mol. The maximum Gasteiger partial charge on any atom is 0.162 e. The Hall–Kier alpha value is -3.15. The van der Waals surface area contributed by atoms with Crippen LogP contribution >= 0.6 is 11.6 Å². The number of Topliss-reactive ketones (excluding diaryl/α,β-unsaturated/α-hetero) is 1. The molecule has 1 aliphatic rings. The van der Waals surface area contributed by atoms with Crippen molar-refractivity contribution < 1.29 is 9.53 Å². The lowest BCUT2D eigenvalue weighted by Gasteiger charge is -2.32. The van der Waals surface area contributed by atoms with Crippen LogP contribution in [-0.4, -0.2) is 39.9 Å². The number of carbonyl (C=O) groups excluding carboxylic acids is 1. The van der Waals surface area contributed by atoms with E-state index in [0.717, 1.165) is 67.6 Å². The number of hydrogen-bond acceptors (Lipinski definition) is 4. The number of aryl methyl sites for hydroxylation is 2. The van der Waals surface area contributed by atoms with E-state index in [2.05, 4.69) is 34.6 Å². The number of piperidine rings is 1. The first-order valence-electron chi connectivity index (χ1n) is 14.2. The number of fused-ring (bicyclic) bond motifs is 1. The summed E-state index contributed by atoms with van der Waals surface area (Å²) < 4.78 is 8.41. The fraction of sp³-hybridized carbons (Fsp3) is 0.394. The molecule has 1 saturated heterocycles. The van der Waals surface area contributed by atoms with Gasteiger partial charge in [0.2, 0.25) is 0 Å². The monoisotopic (exact) mass is 543 g/mol. The first-order chi connectivity index (χ1) is 19.1. The molecule has 0 N–H and O–H groups in total. The van der Waals surface area contributed by atoms with E-state index < -0.39 is 0 Å². The fourth-order valence-electron chi connectivity index (χ4n) is 5.64. The number of nitrogens with zero attached hydrogens (tertiary/aromatic N) is 3. The molecule has 0 aliphatic carbocycles. The molecule has 0 bridgehead atoms. The molecule has 2 heterocycles. The number of aromatic nitrogens is 2. The van der Waals surface area contributed by atoms with E-state index in [1.54, 1.807) is 0 Å². The first-order valence-corrected chi connectivity index (χ1v) is 14.6. The van der Waals surface area contributed by atoms with Gasteiger partial charge in [-0.25, -0.2) is 4.98 Å². The number of halogens is 1. The molecule has 6 heteroatoms. The summed E-state index contributed by atoms with van der Waals surface area (Å²) in [6.45, 7) is 6.79. The third kappa shape index (κ3) is 7.28. The number of hydrogen-bond donors (Lipinski definition) is 0. The van der Waals surface area contributed by atoms with Gasteiger partial charge in [0, 0.05) is 23.6 Å². The third-order valence-electron chi connectivity index (χ3n) is 7.92. The molecule has 0 spiro atoms. The Bertz CT molecular complexity index is 1360. The van der Waals surface area contributed by atoms with Crippen LogP contribution in [0.15, 0.2) is 72.8 Å². The molecule has 0 atom stereocenters. The zero-order valence-electron chi connectivity index (χ0n) is 22.8. The molecule has 5 rings (SSSR count). The number of rotatable bonds is 12. The summed E-state index contributed by atoms with van der Waals surface area (Å²) in [5.41, 5.74) is 4.27. The lowest BCUT2D eigenvalue weighted by molar-refractivity contribution is 0.0969. The molecule has 5 nitrogen and oxygen atoms in total. The minimum Gasteiger partial charge on any atom is -0.486 e. The topological polar surface area (TPSA) is 47.4 Å². The smallest absolute Gasteiger partial charge is 0.162 e. The van der Waals surface area contributed by atoms with Crippen molar-refractivity contribution in [2.24, 2.45) is 5.92 Å². The number of ketones is 1. The van der Waals surface area contributed by atoms with Crippen molar-refractivity contribution >= 4 is 28.4 Å². The predicted octanol–water partition coefficient (Wildman–Crippen LogP) is 7.73. The summed E-state index contributed by atoms with van der Waals surface area (Å²) in [5, 5.41) is 0.703. The number of carbonyl (C=O) groups is 1. The number of imidazole rings is 1. The van der Waals surface area contributed by atoms with Crippen LogP contribution in [0.2, 0.25) is 5.02 Å². The van der Waals surface area contributed by atoms with Crippen molar-refractivity contribution in [3.05, 3.63) is 94.8 Å². The van der Waals surface area contributed by atoms with E-state index in [0.29, 0.717) is 18.1 Å². The molecule has 39 heavy (non-hydrogen) atoms. The van der Waals surface area contributed by atoms with Gasteiger partial charge in [0.05, 0.1) is 11.0 Å². The Balaban J connectivity index is 1.09. The number of benzene rings is 3. The number of likely N-dealkylation sites (tertiary alicyclic amines) is 1. The van der Waals surface area contributed by atoms with Gasteiger partial charge in [-0.15, -0.1) is 0 Å². The van der Waals surface area contributed by atoms with Gasteiger partial charge in [0.1, 0.15) is 18.2 Å². The molecule has 4 aromatic rings. The molecular weight excluding hydrogens is 506 g/mol. The van der Waals surface area contributed by atoms with Crippen molar-refractivity contribution in [1.82, 2.24) is 14.5 Å². The van der Waals surface area contributed by atoms with E-state index in [-0.39, 0.29) is 5.78 Å². The van der Waals surface area contributed by atoms with Crippen LogP contribution in [0.3, 0.4) is 0 Å². The molecule has 0 radical (unpaired) electrons. The van der Waals surface area contributed by atoms with Crippen LogP contribution in [0, 0.1) is 12.8 Å². The normalized spacial score (nSPS) is 14.6. The predicted molar refractivity (Wildman–Crippen MR) is 159 cm³/mol. The molecular formula is C33H38ClN3O2. The molecule has 1 aliphatic heterocycles. The number of para-hydroxylation sites is 1. The Labute approximate surface area is 236 Å². The molecule has 204 valence electrons. The van der Waals surface area contributed by atoms with E-state index >= 15 is 0 Å². The summed E-state index contributed by atoms with van der Waals surface area (Å²) >= 11 is 6.02. The summed E-state index contributed by atoms with van der Waals surface area (Å²) in [6.07, 6.45) is 6.40. The SMILES string of the molecule is Cc1cccc2c1nc(COc1ccc(Cl)cc1)n2CCCC1CCN(CCCC(=O)c2ccccc2)CC1. The quantitative estimate of drug-likeness (QED) is 0.171. The van der Waals surface area contributed by atoms with Gasteiger partial charge in [0.25, 0.3) is 0 Å². The molecule has 3 aromatic carbocycles. The highest BCUT2D eigenvalue weighted by Gasteiger charge is 2.20. The van der Waals surface area contributed by atoms with Crippen molar-refractivity contribution in [2.45, 2.75) is 58.6 Å². The lowest BCUT2D eigenvalue weighted by Crippen LogP contribution is -2.34. The van der Waals surface area contributed by atoms with Gasteiger partial charge in [-0.05, 0) is 100 Å². The van der Waals surface area contributed by atoms with Crippen molar-refractivity contribution in [3.63, 3.8) is 0 Å². The first kappa shape index (κ1) is 27.4. The van der Waals surface area contributed by atoms with Gasteiger partial charge >= 0.3 is 0 Å². The minimum atomic E-state index is 0.255. The van der Waals surface area contributed by atoms with Gasteiger partial charge in [-0.3, -0.25) is 4.79 Å². The highest BCUT2D eigenvalue weighted by molar-refractivity contribution is 6.30. The molecule has 0 amide bonds. The van der Waals surface area contributed by atoms with E-state index in [1.807, 2.05) is 54.6 Å². The highest BCUT2D eigenvalue weighted by atomic mass is 35.5.